The summed E-state index contributed by atoms with van der Waals surface area (Å²) in [6.45, 7) is 10.1. The molecule has 0 fully saturated rings. The summed E-state index contributed by atoms with van der Waals surface area (Å²) in [7, 11) is 1.71. The van der Waals surface area contributed by atoms with Crippen molar-refractivity contribution in [2.45, 2.75) is 26.7 Å². The van der Waals surface area contributed by atoms with Crippen molar-refractivity contribution in [2.24, 2.45) is 0 Å². The van der Waals surface area contributed by atoms with E-state index < -0.39 is 0 Å². The van der Waals surface area contributed by atoms with Gasteiger partial charge in [0.05, 0.1) is 11.4 Å². The van der Waals surface area contributed by atoms with E-state index in [1.54, 1.807) is 11.9 Å². The van der Waals surface area contributed by atoms with Crippen molar-refractivity contribution in [1.29, 1.82) is 0 Å². The van der Waals surface area contributed by atoms with Crippen molar-refractivity contribution in [2.75, 3.05) is 19.3 Å². The van der Waals surface area contributed by atoms with Crippen LogP contribution in [0.1, 0.15) is 42.9 Å². The SMILES string of the molecule is C=C(C)CN(C)C(=O)c1n[nH]c(C(C)C)c1N. The lowest BCUT2D eigenvalue weighted by molar-refractivity contribution is 0.0802. The molecule has 0 bridgehead atoms. The number of rotatable bonds is 4. The van der Waals surface area contributed by atoms with Crippen LogP contribution < -0.4 is 5.73 Å². The fraction of sp³-hybridized carbons (Fsp3) is 0.500. The highest BCUT2D eigenvalue weighted by molar-refractivity contribution is 5.97. The standard InChI is InChI=1S/C12H20N4O/c1-7(2)6-16(5)12(17)11-9(13)10(8(3)4)14-15-11/h8H,1,6,13H2,2-5H3,(H,14,15). The molecule has 17 heavy (non-hydrogen) atoms. The molecule has 94 valence electrons. The highest BCUT2D eigenvalue weighted by atomic mass is 16.2. The number of aromatic nitrogens is 2. The second kappa shape index (κ2) is 5.03. The van der Waals surface area contributed by atoms with E-state index in [4.69, 9.17) is 5.73 Å². The normalized spacial score (nSPS) is 10.6. The van der Waals surface area contributed by atoms with E-state index in [-0.39, 0.29) is 17.5 Å². The monoisotopic (exact) mass is 236 g/mol. The molecule has 0 saturated carbocycles. The second-order valence-corrected chi connectivity index (χ2v) is 4.67. The van der Waals surface area contributed by atoms with Crippen molar-refractivity contribution in [3.05, 3.63) is 23.5 Å². The number of carbonyl (C=O) groups is 1. The highest BCUT2D eigenvalue weighted by Gasteiger charge is 2.21. The zero-order valence-electron chi connectivity index (χ0n) is 10.9. The number of carbonyl (C=O) groups excluding carboxylic acids is 1. The molecule has 5 nitrogen and oxygen atoms in total. The summed E-state index contributed by atoms with van der Waals surface area (Å²) in [5, 5.41) is 6.81. The predicted molar refractivity (Wildman–Crippen MR) is 68.9 cm³/mol. The van der Waals surface area contributed by atoms with Gasteiger partial charge in [0.2, 0.25) is 0 Å². The van der Waals surface area contributed by atoms with Gasteiger partial charge >= 0.3 is 0 Å². The van der Waals surface area contributed by atoms with Gasteiger partial charge in [0.1, 0.15) is 0 Å². The molecule has 0 aliphatic carbocycles. The maximum Gasteiger partial charge on any atom is 0.276 e. The number of amides is 1. The number of nitrogens with two attached hydrogens (primary N) is 1. The Kier molecular flexibility index (Phi) is 3.93. The number of hydrogen-bond acceptors (Lipinski definition) is 3. The van der Waals surface area contributed by atoms with Crippen LogP contribution in [0.3, 0.4) is 0 Å². The summed E-state index contributed by atoms with van der Waals surface area (Å²) in [6.07, 6.45) is 0. The maximum absolute atomic E-state index is 12.1. The first-order valence-corrected chi connectivity index (χ1v) is 5.58. The van der Waals surface area contributed by atoms with E-state index in [1.807, 2.05) is 20.8 Å². The average Bonchev–Trinajstić information content (AvgIpc) is 2.57. The number of H-pyrrole nitrogens is 1. The van der Waals surface area contributed by atoms with E-state index in [2.05, 4.69) is 16.8 Å². The van der Waals surface area contributed by atoms with E-state index in [0.717, 1.165) is 11.3 Å². The van der Waals surface area contributed by atoms with Crippen LogP contribution in [0.2, 0.25) is 0 Å². The molecule has 0 aromatic carbocycles. The highest BCUT2D eigenvalue weighted by Crippen LogP contribution is 2.22. The van der Waals surface area contributed by atoms with Gasteiger partial charge in [-0.1, -0.05) is 26.0 Å². The van der Waals surface area contributed by atoms with Crippen LogP contribution in [0, 0.1) is 0 Å². The molecule has 0 aliphatic rings. The average molecular weight is 236 g/mol. The first-order valence-electron chi connectivity index (χ1n) is 5.58. The Morgan fingerprint density at radius 3 is 2.59 bits per heavy atom. The Balaban J connectivity index is 2.93. The molecule has 1 amide bonds. The number of hydrogen-bond donors (Lipinski definition) is 2. The Labute approximate surface area is 102 Å². The van der Waals surface area contributed by atoms with Crippen molar-refractivity contribution in [3.63, 3.8) is 0 Å². The number of nitrogens with zero attached hydrogens (tertiary/aromatic N) is 2. The molecule has 0 aliphatic heterocycles. The maximum atomic E-state index is 12.1. The van der Waals surface area contributed by atoms with E-state index in [0.29, 0.717) is 12.2 Å². The van der Waals surface area contributed by atoms with Crippen LogP contribution in [0.4, 0.5) is 5.69 Å². The van der Waals surface area contributed by atoms with Gasteiger partial charge in [-0.2, -0.15) is 5.10 Å². The van der Waals surface area contributed by atoms with Crippen molar-refractivity contribution >= 4 is 11.6 Å². The smallest absolute Gasteiger partial charge is 0.276 e. The Morgan fingerprint density at radius 2 is 2.18 bits per heavy atom. The lowest BCUT2D eigenvalue weighted by Crippen LogP contribution is -2.29. The zero-order chi connectivity index (χ0) is 13.2. The number of likely N-dealkylation sites (N-methyl/N-ethyl adjacent to an activating group) is 1. The number of nitrogens with one attached hydrogen (secondary N) is 1. The third-order valence-corrected chi connectivity index (χ3v) is 2.47. The molecular formula is C12H20N4O. The Hall–Kier alpha value is -1.78. The van der Waals surface area contributed by atoms with Gasteiger partial charge in [0.25, 0.3) is 5.91 Å². The van der Waals surface area contributed by atoms with Gasteiger partial charge < -0.3 is 10.6 Å². The van der Waals surface area contributed by atoms with Gasteiger partial charge in [0.15, 0.2) is 5.69 Å². The summed E-state index contributed by atoms with van der Waals surface area (Å²) in [4.78, 5) is 13.6. The summed E-state index contributed by atoms with van der Waals surface area (Å²) < 4.78 is 0. The number of aromatic amines is 1. The van der Waals surface area contributed by atoms with Crippen LogP contribution in [-0.2, 0) is 0 Å². The minimum Gasteiger partial charge on any atom is -0.395 e. The minimum absolute atomic E-state index is 0.186. The first kappa shape index (κ1) is 13.3. The van der Waals surface area contributed by atoms with Gasteiger partial charge in [-0.15, -0.1) is 0 Å². The molecule has 0 unspecified atom stereocenters. The summed E-state index contributed by atoms with van der Waals surface area (Å²) in [5.41, 5.74) is 8.36. The van der Waals surface area contributed by atoms with Crippen molar-refractivity contribution < 1.29 is 4.79 Å². The summed E-state index contributed by atoms with van der Waals surface area (Å²) in [5.74, 6) is 0.0316. The molecule has 0 radical (unpaired) electrons. The molecule has 5 heteroatoms. The zero-order valence-corrected chi connectivity index (χ0v) is 10.9. The van der Waals surface area contributed by atoms with Crippen LogP contribution >= 0.6 is 0 Å². The van der Waals surface area contributed by atoms with Gasteiger partial charge in [-0.25, -0.2) is 0 Å². The molecule has 1 rings (SSSR count). The molecule has 1 aromatic heterocycles. The molecule has 0 atom stereocenters. The van der Waals surface area contributed by atoms with E-state index in [9.17, 15) is 4.79 Å². The van der Waals surface area contributed by atoms with Gasteiger partial charge in [-0.05, 0) is 12.8 Å². The predicted octanol–water partition coefficient (Wildman–Crippen LogP) is 1.76. The number of anilines is 1. The third-order valence-electron chi connectivity index (χ3n) is 2.47. The van der Waals surface area contributed by atoms with Crippen LogP contribution in [-0.4, -0.2) is 34.6 Å². The van der Waals surface area contributed by atoms with Gasteiger partial charge in [-0.3, -0.25) is 9.89 Å². The second-order valence-electron chi connectivity index (χ2n) is 4.67. The topological polar surface area (TPSA) is 75.0 Å². The quantitative estimate of drug-likeness (QED) is 0.782. The van der Waals surface area contributed by atoms with Crippen LogP contribution in [0.5, 0.6) is 0 Å². The largest absolute Gasteiger partial charge is 0.395 e. The summed E-state index contributed by atoms with van der Waals surface area (Å²) in [6, 6.07) is 0. The van der Waals surface area contributed by atoms with Crippen LogP contribution in [0.15, 0.2) is 12.2 Å². The summed E-state index contributed by atoms with van der Waals surface area (Å²) >= 11 is 0. The molecular weight excluding hydrogens is 216 g/mol. The van der Waals surface area contributed by atoms with Crippen molar-refractivity contribution in [3.8, 4) is 0 Å². The first-order chi connectivity index (χ1) is 7.84. The molecule has 0 saturated heterocycles. The van der Waals surface area contributed by atoms with E-state index in [1.165, 1.54) is 0 Å². The van der Waals surface area contributed by atoms with E-state index >= 15 is 0 Å². The molecule has 0 spiro atoms. The Bertz CT molecular complexity index is 434. The molecule has 1 heterocycles. The third kappa shape index (κ3) is 2.87. The Morgan fingerprint density at radius 1 is 1.59 bits per heavy atom. The number of nitrogen functional groups attached to an aromatic ring is 1. The fourth-order valence-corrected chi connectivity index (χ4v) is 1.62. The lowest BCUT2D eigenvalue weighted by Gasteiger charge is -2.16. The molecule has 3 N–H and O–H groups in total. The lowest BCUT2D eigenvalue weighted by atomic mass is 10.1. The molecule has 1 aromatic rings. The van der Waals surface area contributed by atoms with Crippen molar-refractivity contribution in [1.82, 2.24) is 15.1 Å². The van der Waals surface area contributed by atoms with Gasteiger partial charge in [0, 0.05) is 13.6 Å². The fourth-order valence-electron chi connectivity index (χ4n) is 1.62. The van der Waals surface area contributed by atoms with Crippen LogP contribution in [0.25, 0.3) is 0 Å². The minimum atomic E-state index is -0.186.